The van der Waals surface area contributed by atoms with Crippen LogP contribution in [0.25, 0.3) is 0 Å². The fourth-order valence-electron chi connectivity index (χ4n) is 3.13. The van der Waals surface area contributed by atoms with Crippen LogP contribution in [0.4, 0.5) is 5.82 Å². The average molecular weight is 289 g/mol. The van der Waals surface area contributed by atoms with Crippen molar-refractivity contribution in [2.45, 2.75) is 19.8 Å². The van der Waals surface area contributed by atoms with Crippen molar-refractivity contribution in [1.29, 1.82) is 0 Å². The number of pyridine rings is 1. The number of carbonyl (C=O) groups excluding carboxylic acids is 1. The minimum absolute atomic E-state index is 0.0830. The Morgan fingerprint density at radius 3 is 2.90 bits per heavy atom. The Labute approximate surface area is 125 Å². The number of ether oxygens (including phenoxy) is 1. The molecule has 5 heteroatoms. The van der Waals surface area contributed by atoms with Gasteiger partial charge >= 0.3 is 0 Å². The van der Waals surface area contributed by atoms with Crippen molar-refractivity contribution in [3.05, 3.63) is 23.9 Å². The molecule has 0 saturated carbocycles. The van der Waals surface area contributed by atoms with E-state index in [9.17, 15) is 4.79 Å². The Balaban J connectivity index is 1.83. The fourth-order valence-corrected chi connectivity index (χ4v) is 3.13. The lowest BCUT2D eigenvalue weighted by Gasteiger charge is -2.34. The number of morpholine rings is 1. The zero-order valence-corrected chi connectivity index (χ0v) is 12.6. The van der Waals surface area contributed by atoms with Crippen molar-refractivity contribution in [3.63, 3.8) is 0 Å². The zero-order valence-electron chi connectivity index (χ0n) is 12.6. The van der Waals surface area contributed by atoms with E-state index in [0.29, 0.717) is 32.2 Å². The van der Waals surface area contributed by atoms with Crippen LogP contribution in [0.5, 0.6) is 0 Å². The van der Waals surface area contributed by atoms with Crippen molar-refractivity contribution in [2.24, 2.45) is 5.92 Å². The van der Waals surface area contributed by atoms with Crippen molar-refractivity contribution in [3.8, 4) is 0 Å². The molecule has 3 heterocycles. The summed E-state index contributed by atoms with van der Waals surface area (Å²) in [6.45, 7) is 6.83. The molecule has 21 heavy (non-hydrogen) atoms. The molecule has 0 radical (unpaired) electrons. The SMILES string of the molecule is CC1CCCN(c2ncccc2C(=O)N2CCOCC2)C1. The highest BCUT2D eigenvalue weighted by Gasteiger charge is 2.25. The van der Waals surface area contributed by atoms with Gasteiger partial charge < -0.3 is 14.5 Å². The molecule has 114 valence electrons. The Morgan fingerprint density at radius 2 is 2.14 bits per heavy atom. The van der Waals surface area contributed by atoms with E-state index in [2.05, 4.69) is 16.8 Å². The van der Waals surface area contributed by atoms with Gasteiger partial charge in [-0.2, -0.15) is 0 Å². The predicted molar refractivity (Wildman–Crippen MR) is 81.6 cm³/mol. The van der Waals surface area contributed by atoms with Gasteiger partial charge in [-0.3, -0.25) is 4.79 Å². The Kier molecular flexibility index (Phi) is 4.39. The first-order valence-electron chi connectivity index (χ1n) is 7.82. The number of hydrogen-bond donors (Lipinski definition) is 0. The molecule has 1 amide bonds. The third-order valence-electron chi connectivity index (χ3n) is 4.27. The van der Waals surface area contributed by atoms with Crippen LogP contribution >= 0.6 is 0 Å². The quantitative estimate of drug-likeness (QED) is 0.833. The van der Waals surface area contributed by atoms with Crippen molar-refractivity contribution < 1.29 is 9.53 Å². The van der Waals surface area contributed by atoms with Gasteiger partial charge in [0.25, 0.3) is 5.91 Å². The summed E-state index contributed by atoms with van der Waals surface area (Å²) < 4.78 is 5.33. The molecule has 1 aromatic rings. The van der Waals surface area contributed by atoms with Crippen molar-refractivity contribution >= 4 is 11.7 Å². The molecule has 0 N–H and O–H groups in total. The van der Waals surface area contributed by atoms with Gasteiger partial charge in [-0.15, -0.1) is 0 Å². The highest BCUT2D eigenvalue weighted by molar-refractivity contribution is 5.99. The summed E-state index contributed by atoms with van der Waals surface area (Å²) in [6.07, 6.45) is 4.21. The smallest absolute Gasteiger partial charge is 0.257 e. The van der Waals surface area contributed by atoms with Crippen LogP contribution in [-0.4, -0.2) is 55.2 Å². The monoisotopic (exact) mass is 289 g/mol. The van der Waals surface area contributed by atoms with Crippen LogP contribution < -0.4 is 4.90 Å². The molecule has 2 saturated heterocycles. The number of nitrogens with zero attached hydrogens (tertiary/aromatic N) is 3. The Hall–Kier alpha value is -1.62. The third-order valence-corrected chi connectivity index (χ3v) is 4.27. The van der Waals surface area contributed by atoms with E-state index in [1.54, 1.807) is 6.20 Å². The second-order valence-electron chi connectivity index (χ2n) is 5.97. The standard InChI is InChI=1S/C16H23N3O2/c1-13-4-3-7-19(12-13)15-14(5-2-6-17-15)16(20)18-8-10-21-11-9-18/h2,5-6,13H,3-4,7-12H2,1H3. The van der Waals surface area contributed by atoms with Gasteiger partial charge in [0.1, 0.15) is 5.82 Å². The summed E-state index contributed by atoms with van der Waals surface area (Å²) in [7, 11) is 0. The van der Waals surface area contributed by atoms with Crippen LogP contribution in [0, 0.1) is 5.92 Å². The van der Waals surface area contributed by atoms with Crippen LogP contribution in [0.15, 0.2) is 18.3 Å². The molecule has 2 aliphatic heterocycles. The molecule has 5 nitrogen and oxygen atoms in total. The number of amides is 1. The molecule has 0 aromatic carbocycles. The summed E-state index contributed by atoms with van der Waals surface area (Å²) in [4.78, 5) is 21.4. The highest BCUT2D eigenvalue weighted by Crippen LogP contribution is 2.25. The van der Waals surface area contributed by atoms with Gasteiger partial charge in [0.05, 0.1) is 18.8 Å². The fraction of sp³-hybridized carbons (Fsp3) is 0.625. The lowest BCUT2D eigenvalue weighted by Crippen LogP contribution is -2.42. The van der Waals surface area contributed by atoms with Gasteiger partial charge in [0.15, 0.2) is 0 Å². The van der Waals surface area contributed by atoms with E-state index in [1.807, 2.05) is 17.0 Å². The average Bonchev–Trinajstić information content (AvgIpc) is 2.55. The number of aromatic nitrogens is 1. The summed E-state index contributed by atoms with van der Waals surface area (Å²) in [5.41, 5.74) is 0.730. The van der Waals surface area contributed by atoms with E-state index in [-0.39, 0.29) is 5.91 Å². The number of hydrogen-bond acceptors (Lipinski definition) is 4. The van der Waals surface area contributed by atoms with Gasteiger partial charge in [-0.25, -0.2) is 4.98 Å². The van der Waals surface area contributed by atoms with E-state index < -0.39 is 0 Å². The molecule has 3 rings (SSSR count). The largest absolute Gasteiger partial charge is 0.378 e. The molecule has 1 atom stereocenters. The molecule has 0 aliphatic carbocycles. The topological polar surface area (TPSA) is 45.7 Å². The highest BCUT2D eigenvalue weighted by atomic mass is 16.5. The number of carbonyl (C=O) groups is 1. The van der Waals surface area contributed by atoms with E-state index in [4.69, 9.17) is 4.74 Å². The minimum Gasteiger partial charge on any atom is -0.378 e. The normalized spacial score (nSPS) is 23.2. The molecule has 0 bridgehead atoms. The van der Waals surface area contributed by atoms with Gasteiger partial charge in [0.2, 0.25) is 0 Å². The molecular formula is C16H23N3O2. The summed E-state index contributed by atoms with van der Waals surface area (Å²) in [6, 6.07) is 3.75. The maximum absolute atomic E-state index is 12.7. The van der Waals surface area contributed by atoms with Gasteiger partial charge in [0, 0.05) is 32.4 Å². The first-order chi connectivity index (χ1) is 10.3. The number of anilines is 1. The predicted octanol–water partition coefficient (Wildman–Crippen LogP) is 1.79. The zero-order chi connectivity index (χ0) is 14.7. The molecule has 0 spiro atoms. The molecule has 1 unspecified atom stereocenters. The Bertz CT molecular complexity index is 500. The van der Waals surface area contributed by atoms with Crippen molar-refractivity contribution in [1.82, 2.24) is 9.88 Å². The van der Waals surface area contributed by atoms with E-state index in [1.165, 1.54) is 12.8 Å². The molecule has 2 fully saturated rings. The van der Waals surface area contributed by atoms with Crippen LogP contribution in [0.3, 0.4) is 0 Å². The second kappa shape index (κ2) is 6.43. The van der Waals surface area contributed by atoms with Crippen LogP contribution in [0.2, 0.25) is 0 Å². The summed E-state index contributed by atoms with van der Waals surface area (Å²) in [5, 5.41) is 0. The maximum Gasteiger partial charge on any atom is 0.257 e. The van der Waals surface area contributed by atoms with Gasteiger partial charge in [-0.05, 0) is 30.9 Å². The third kappa shape index (κ3) is 3.18. The minimum atomic E-state index is 0.0830. The molecule has 1 aromatic heterocycles. The number of rotatable bonds is 2. The van der Waals surface area contributed by atoms with Gasteiger partial charge in [-0.1, -0.05) is 6.92 Å². The molecule has 2 aliphatic rings. The first kappa shape index (κ1) is 14.3. The van der Waals surface area contributed by atoms with E-state index >= 15 is 0 Å². The summed E-state index contributed by atoms with van der Waals surface area (Å²) >= 11 is 0. The maximum atomic E-state index is 12.7. The lowest BCUT2D eigenvalue weighted by atomic mass is 10.00. The first-order valence-corrected chi connectivity index (χ1v) is 7.82. The Morgan fingerprint density at radius 1 is 1.33 bits per heavy atom. The molecular weight excluding hydrogens is 266 g/mol. The number of piperidine rings is 1. The van der Waals surface area contributed by atoms with Crippen LogP contribution in [0.1, 0.15) is 30.1 Å². The van der Waals surface area contributed by atoms with Crippen molar-refractivity contribution in [2.75, 3.05) is 44.3 Å². The second-order valence-corrected chi connectivity index (χ2v) is 5.97. The van der Waals surface area contributed by atoms with E-state index in [0.717, 1.165) is 24.5 Å². The lowest BCUT2D eigenvalue weighted by molar-refractivity contribution is 0.0303. The van der Waals surface area contributed by atoms with Crippen LogP contribution in [-0.2, 0) is 4.74 Å². The summed E-state index contributed by atoms with van der Waals surface area (Å²) in [5.74, 6) is 1.59.